The van der Waals surface area contributed by atoms with E-state index in [4.69, 9.17) is 9.47 Å². The highest BCUT2D eigenvalue weighted by Crippen LogP contribution is 2.19. The van der Waals surface area contributed by atoms with Gasteiger partial charge < -0.3 is 9.47 Å². The summed E-state index contributed by atoms with van der Waals surface area (Å²) in [7, 11) is 0. The van der Waals surface area contributed by atoms with E-state index in [9.17, 15) is 0 Å². The van der Waals surface area contributed by atoms with Crippen molar-refractivity contribution in [2.45, 2.75) is 32.2 Å². The van der Waals surface area contributed by atoms with E-state index < -0.39 is 0 Å². The van der Waals surface area contributed by atoms with Crippen LogP contribution in [0.5, 0.6) is 0 Å². The summed E-state index contributed by atoms with van der Waals surface area (Å²) >= 11 is 0. The van der Waals surface area contributed by atoms with Crippen LogP contribution < -0.4 is 0 Å². The molecule has 2 saturated heterocycles. The fourth-order valence-corrected chi connectivity index (χ4v) is 3.33. The zero-order chi connectivity index (χ0) is 14.5. The first kappa shape index (κ1) is 14.9. The summed E-state index contributed by atoms with van der Waals surface area (Å²) in [4.78, 5) is 11.3. The highest BCUT2D eigenvalue weighted by atomic mass is 16.5. The molecule has 0 amide bonds. The third-order valence-corrected chi connectivity index (χ3v) is 4.41. The Bertz CT molecular complexity index is 449. The summed E-state index contributed by atoms with van der Waals surface area (Å²) in [5.74, 6) is 1.37. The molecule has 0 unspecified atom stereocenters. The van der Waals surface area contributed by atoms with Crippen LogP contribution in [0.25, 0.3) is 0 Å². The molecule has 116 valence electrons. The number of rotatable bonds is 3. The Morgan fingerprint density at radius 2 is 2.10 bits per heavy atom. The number of aromatic nitrogens is 2. The summed E-state index contributed by atoms with van der Waals surface area (Å²) in [5, 5.41) is 0. The molecule has 3 heterocycles. The van der Waals surface area contributed by atoms with E-state index in [-0.39, 0.29) is 0 Å². The number of nitrogens with zero attached hydrogens (tertiary/aromatic N) is 3. The number of hydrogen-bond acceptors (Lipinski definition) is 5. The summed E-state index contributed by atoms with van der Waals surface area (Å²) < 4.78 is 11.3. The van der Waals surface area contributed by atoms with Crippen LogP contribution >= 0.6 is 0 Å². The SMILES string of the molecule is Cc1nccc(C[C@H]2COCCN(C3CCOCC3)C2)n1. The van der Waals surface area contributed by atoms with Crippen molar-refractivity contribution in [3.63, 3.8) is 0 Å². The highest BCUT2D eigenvalue weighted by Gasteiger charge is 2.26. The molecule has 0 spiro atoms. The lowest BCUT2D eigenvalue weighted by molar-refractivity contribution is 0.0308. The minimum atomic E-state index is 0.518. The fourth-order valence-electron chi connectivity index (χ4n) is 3.33. The molecule has 0 aromatic carbocycles. The number of ether oxygens (including phenoxy) is 2. The number of hydrogen-bond donors (Lipinski definition) is 0. The van der Waals surface area contributed by atoms with Gasteiger partial charge in [0, 0.05) is 50.2 Å². The monoisotopic (exact) mass is 291 g/mol. The third kappa shape index (κ3) is 4.22. The predicted molar refractivity (Wildman–Crippen MR) is 80.2 cm³/mol. The summed E-state index contributed by atoms with van der Waals surface area (Å²) in [6.07, 6.45) is 5.13. The van der Waals surface area contributed by atoms with Gasteiger partial charge in [-0.15, -0.1) is 0 Å². The van der Waals surface area contributed by atoms with Crippen molar-refractivity contribution in [2.24, 2.45) is 5.92 Å². The topological polar surface area (TPSA) is 47.5 Å². The first-order chi connectivity index (χ1) is 10.3. The molecule has 5 heteroatoms. The van der Waals surface area contributed by atoms with Crippen molar-refractivity contribution < 1.29 is 9.47 Å². The van der Waals surface area contributed by atoms with Crippen molar-refractivity contribution in [1.29, 1.82) is 0 Å². The van der Waals surface area contributed by atoms with Gasteiger partial charge in [-0.25, -0.2) is 9.97 Å². The number of aryl methyl sites for hydroxylation is 1. The van der Waals surface area contributed by atoms with Gasteiger partial charge in [0.1, 0.15) is 5.82 Å². The molecule has 0 N–H and O–H groups in total. The molecule has 0 aliphatic carbocycles. The maximum absolute atomic E-state index is 5.81. The van der Waals surface area contributed by atoms with E-state index >= 15 is 0 Å². The van der Waals surface area contributed by atoms with Crippen molar-refractivity contribution in [1.82, 2.24) is 14.9 Å². The van der Waals surface area contributed by atoms with Crippen LogP contribution in [0.15, 0.2) is 12.3 Å². The van der Waals surface area contributed by atoms with Gasteiger partial charge >= 0.3 is 0 Å². The maximum Gasteiger partial charge on any atom is 0.125 e. The Morgan fingerprint density at radius 3 is 2.90 bits per heavy atom. The minimum Gasteiger partial charge on any atom is -0.381 e. The standard InChI is InChI=1S/C16H25N3O2/c1-13-17-5-2-15(18-13)10-14-11-19(6-9-21-12-14)16-3-7-20-8-4-16/h2,5,14,16H,3-4,6-12H2,1H3/t14-/m1/s1. The van der Waals surface area contributed by atoms with E-state index in [0.29, 0.717) is 12.0 Å². The van der Waals surface area contributed by atoms with Crippen LogP contribution in [-0.4, -0.2) is 60.4 Å². The Labute approximate surface area is 126 Å². The van der Waals surface area contributed by atoms with E-state index in [2.05, 4.69) is 14.9 Å². The van der Waals surface area contributed by atoms with Crippen molar-refractivity contribution in [3.8, 4) is 0 Å². The molecular weight excluding hydrogens is 266 g/mol. The molecule has 3 rings (SSSR count). The first-order valence-electron chi connectivity index (χ1n) is 7.99. The third-order valence-electron chi connectivity index (χ3n) is 4.41. The average Bonchev–Trinajstić information content (AvgIpc) is 2.74. The molecular formula is C16H25N3O2. The van der Waals surface area contributed by atoms with Crippen molar-refractivity contribution >= 4 is 0 Å². The Hall–Kier alpha value is -1.04. The summed E-state index contributed by atoms with van der Waals surface area (Å²) in [6.45, 7) is 7.58. The van der Waals surface area contributed by atoms with E-state index in [1.165, 1.54) is 0 Å². The lowest BCUT2D eigenvalue weighted by Gasteiger charge is -2.34. The predicted octanol–water partition coefficient (Wildman–Crippen LogP) is 1.45. The van der Waals surface area contributed by atoms with Crippen molar-refractivity contribution in [3.05, 3.63) is 23.8 Å². The minimum absolute atomic E-state index is 0.518. The molecule has 2 fully saturated rings. The largest absolute Gasteiger partial charge is 0.381 e. The second-order valence-corrected chi connectivity index (χ2v) is 6.08. The quantitative estimate of drug-likeness (QED) is 0.843. The van der Waals surface area contributed by atoms with E-state index in [1.807, 2.05) is 19.2 Å². The van der Waals surface area contributed by atoms with E-state index in [0.717, 1.165) is 70.3 Å². The first-order valence-corrected chi connectivity index (χ1v) is 7.99. The lowest BCUT2D eigenvalue weighted by Crippen LogP contribution is -2.42. The van der Waals surface area contributed by atoms with Crippen LogP contribution in [0.4, 0.5) is 0 Å². The molecule has 2 aliphatic rings. The zero-order valence-corrected chi connectivity index (χ0v) is 12.8. The van der Waals surface area contributed by atoms with Crippen LogP contribution in [0.3, 0.4) is 0 Å². The normalized spacial score (nSPS) is 25.7. The van der Waals surface area contributed by atoms with Gasteiger partial charge in [0.2, 0.25) is 0 Å². The van der Waals surface area contributed by atoms with E-state index in [1.54, 1.807) is 0 Å². The van der Waals surface area contributed by atoms with Crippen LogP contribution in [0, 0.1) is 12.8 Å². The molecule has 2 aliphatic heterocycles. The van der Waals surface area contributed by atoms with Gasteiger partial charge in [0.15, 0.2) is 0 Å². The lowest BCUT2D eigenvalue weighted by atomic mass is 10.0. The molecule has 1 atom stereocenters. The molecule has 0 radical (unpaired) electrons. The van der Waals surface area contributed by atoms with Crippen LogP contribution in [0.1, 0.15) is 24.4 Å². The van der Waals surface area contributed by atoms with Gasteiger partial charge in [-0.2, -0.15) is 0 Å². The van der Waals surface area contributed by atoms with Crippen LogP contribution in [0.2, 0.25) is 0 Å². The molecule has 5 nitrogen and oxygen atoms in total. The van der Waals surface area contributed by atoms with Gasteiger partial charge in [0.05, 0.1) is 13.2 Å². The second-order valence-electron chi connectivity index (χ2n) is 6.08. The van der Waals surface area contributed by atoms with Gasteiger partial charge in [-0.05, 0) is 32.3 Å². The second kappa shape index (κ2) is 7.29. The maximum atomic E-state index is 5.81. The molecule has 1 aromatic rings. The summed E-state index contributed by atoms with van der Waals surface area (Å²) in [5.41, 5.74) is 1.13. The highest BCUT2D eigenvalue weighted by molar-refractivity contribution is 5.03. The zero-order valence-electron chi connectivity index (χ0n) is 12.8. The molecule has 1 aromatic heterocycles. The fraction of sp³-hybridized carbons (Fsp3) is 0.750. The smallest absolute Gasteiger partial charge is 0.125 e. The Kier molecular flexibility index (Phi) is 5.17. The van der Waals surface area contributed by atoms with Gasteiger partial charge in [-0.3, -0.25) is 4.90 Å². The molecule has 21 heavy (non-hydrogen) atoms. The van der Waals surface area contributed by atoms with Crippen LogP contribution in [-0.2, 0) is 15.9 Å². The Balaban J connectivity index is 1.61. The van der Waals surface area contributed by atoms with Gasteiger partial charge in [0.25, 0.3) is 0 Å². The Morgan fingerprint density at radius 1 is 1.24 bits per heavy atom. The van der Waals surface area contributed by atoms with Crippen molar-refractivity contribution in [2.75, 3.05) is 39.5 Å². The summed E-state index contributed by atoms with van der Waals surface area (Å²) in [6, 6.07) is 2.69. The average molecular weight is 291 g/mol. The molecule has 0 saturated carbocycles. The molecule has 0 bridgehead atoms. The van der Waals surface area contributed by atoms with Gasteiger partial charge in [-0.1, -0.05) is 0 Å².